The van der Waals surface area contributed by atoms with Gasteiger partial charge in [0.1, 0.15) is 0 Å². The Morgan fingerprint density at radius 2 is 1.59 bits per heavy atom. The van der Waals surface area contributed by atoms with E-state index in [1.165, 1.54) is 35.1 Å². The molecule has 0 spiro atoms. The van der Waals surface area contributed by atoms with Gasteiger partial charge in [-0.2, -0.15) is 5.26 Å². The van der Waals surface area contributed by atoms with Crippen LogP contribution in [0.1, 0.15) is 86.6 Å². The molecule has 1 saturated heterocycles. The summed E-state index contributed by atoms with van der Waals surface area (Å²) in [6.45, 7) is 13.0. The minimum absolute atomic E-state index is 0.0773. The monoisotopic (exact) mass is 542 g/mol. The first-order valence-electron chi connectivity index (χ1n) is 15.6. The molecule has 2 unspecified atom stereocenters. The van der Waals surface area contributed by atoms with Crippen LogP contribution < -0.4 is 0 Å². The zero-order chi connectivity index (χ0) is 29.0. The average Bonchev–Trinajstić information content (AvgIpc) is 3.00. The van der Waals surface area contributed by atoms with Gasteiger partial charge in [0.25, 0.3) is 0 Å². The highest BCUT2D eigenvalue weighted by Gasteiger charge is 2.40. The standard InChI is InChI=1S/C39H46N2/c1-5-7-11-33-17-19-35(20-18-33)26-30(3)14-25-39-38(29-41(39)28-37(27-40)31(4)6-2)36-23-21-34(22-24-36)16-15-32-12-9-8-10-13-32/h8-10,12-13,17-24,31,37-39H,3,5-7,11,14,25-26,28-29H2,1-2,4H3/t31?,37?,38-,39+/m1/s1. The summed E-state index contributed by atoms with van der Waals surface area (Å²) in [6, 6.07) is 31.1. The lowest BCUT2D eigenvalue weighted by atomic mass is 9.78. The fourth-order valence-electron chi connectivity index (χ4n) is 5.85. The van der Waals surface area contributed by atoms with Gasteiger partial charge >= 0.3 is 0 Å². The summed E-state index contributed by atoms with van der Waals surface area (Å²) in [4.78, 5) is 2.56. The molecule has 1 heterocycles. The van der Waals surface area contributed by atoms with E-state index in [1.807, 2.05) is 30.3 Å². The topological polar surface area (TPSA) is 27.0 Å². The number of likely N-dealkylation sites (tertiary alicyclic amines) is 1. The number of allylic oxidation sites excluding steroid dienone is 1. The largest absolute Gasteiger partial charge is 0.298 e. The van der Waals surface area contributed by atoms with Crippen molar-refractivity contribution in [1.82, 2.24) is 4.90 Å². The molecule has 41 heavy (non-hydrogen) atoms. The van der Waals surface area contributed by atoms with Crippen molar-refractivity contribution < 1.29 is 0 Å². The minimum Gasteiger partial charge on any atom is -0.298 e. The number of hydrogen-bond donors (Lipinski definition) is 0. The van der Waals surface area contributed by atoms with Crippen molar-refractivity contribution in [3.8, 4) is 17.9 Å². The number of nitriles is 1. The number of unbranched alkanes of at least 4 members (excludes halogenated alkanes) is 1. The third-order valence-electron chi connectivity index (χ3n) is 8.85. The maximum atomic E-state index is 9.87. The number of rotatable bonds is 13. The first-order chi connectivity index (χ1) is 20.0. The van der Waals surface area contributed by atoms with Gasteiger partial charge in [-0.05, 0) is 79.0 Å². The van der Waals surface area contributed by atoms with Crippen LogP contribution in [0.2, 0.25) is 0 Å². The zero-order valence-corrected chi connectivity index (χ0v) is 25.3. The van der Waals surface area contributed by atoms with Gasteiger partial charge in [-0.1, -0.05) is 112 Å². The molecule has 3 aromatic carbocycles. The second-order valence-electron chi connectivity index (χ2n) is 11.9. The molecule has 0 saturated carbocycles. The van der Waals surface area contributed by atoms with Gasteiger partial charge in [0.05, 0.1) is 12.0 Å². The zero-order valence-electron chi connectivity index (χ0n) is 25.3. The SMILES string of the molecule is C=C(CC[C@H]1[C@@H](c2ccc(C#Cc3ccccc3)cc2)CN1CC(C#N)C(C)CC)Cc1ccc(CCCC)cc1. The molecule has 0 radical (unpaired) electrons. The fourth-order valence-corrected chi connectivity index (χ4v) is 5.85. The van der Waals surface area contributed by atoms with Crippen molar-refractivity contribution in [2.24, 2.45) is 11.8 Å². The summed E-state index contributed by atoms with van der Waals surface area (Å²) in [5.41, 5.74) is 7.53. The van der Waals surface area contributed by atoms with E-state index in [2.05, 4.69) is 98.7 Å². The van der Waals surface area contributed by atoms with Gasteiger partial charge in [0.15, 0.2) is 0 Å². The Balaban J connectivity index is 1.40. The molecule has 4 atom stereocenters. The molecule has 3 aromatic rings. The Labute approximate surface area is 249 Å². The maximum Gasteiger partial charge on any atom is 0.0672 e. The van der Waals surface area contributed by atoms with E-state index in [9.17, 15) is 5.26 Å². The number of aryl methyl sites for hydroxylation is 1. The summed E-state index contributed by atoms with van der Waals surface area (Å²) in [5.74, 6) is 7.54. The highest BCUT2D eigenvalue weighted by molar-refractivity contribution is 5.44. The minimum atomic E-state index is 0.0773. The van der Waals surface area contributed by atoms with Crippen molar-refractivity contribution in [1.29, 1.82) is 5.26 Å². The fraction of sp³-hybridized carbons (Fsp3) is 0.410. The first-order valence-corrected chi connectivity index (χ1v) is 15.6. The molecule has 0 N–H and O–H groups in total. The molecule has 0 amide bonds. The van der Waals surface area contributed by atoms with E-state index in [4.69, 9.17) is 0 Å². The normalized spacial score (nSPS) is 17.9. The Morgan fingerprint density at radius 3 is 2.22 bits per heavy atom. The summed E-state index contributed by atoms with van der Waals surface area (Å²) in [7, 11) is 0. The van der Waals surface area contributed by atoms with E-state index in [0.29, 0.717) is 17.9 Å². The van der Waals surface area contributed by atoms with Crippen LogP contribution >= 0.6 is 0 Å². The van der Waals surface area contributed by atoms with Crippen LogP contribution in [-0.2, 0) is 12.8 Å². The predicted molar refractivity (Wildman–Crippen MR) is 173 cm³/mol. The van der Waals surface area contributed by atoms with Crippen molar-refractivity contribution in [3.63, 3.8) is 0 Å². The molecule has 4 rings (SSSR count). The molecule has 2 heteroatoms. The highest BCUT2D eigenvalue weighted by atomic mass is 15.2. The van der Waals surface area contributed by atoms with E-state index in [0.717, 1.165) is 56.3 Å². The summed E-state index contributed by atoms with van der Waals surface area (Å²) >= 11 is 0. The molecule has 1 aliphatic rings. The Bertz CT molecular complexity index is 1340. The van der Waals surface area contributed by atoms with Gasteiger partial charge in [0, 0.05) is 36.2 Å². The van der Waals surface area contributed by atoms with Crippen LogP contribution in [0.15, 0.2) is 91.0 Å². The summed E-state index contributed by atoms with van der Waals surface area (Å²) in [5, 5.41) is 9.87. The third kappa shape index (κ3) is 8.70. The number of hydrogen-bond acceptors (Lipinski definition) is 2. The molecule has 1 fully saturated rings. The van der Waals surface area contributed by atoms with Crippen LogP contribution in [0.4, 0.5) is 0 Å². The Kier molecular flexibility index (Phi) is 11.4. The van der Waals surface area contributed by atoms with Gasteiger partial charge in [-0.25, -0.2) is 0 Å². The second kappa shape index (κ2) is 15.4. The Hall–Kier alpha value is -3.59. The van der Waals surface area contributed by atoms with Gasteiger partial charge in [-0.15, -0.1) is 0 Å². The highest BCUT2D eigenvalue weighted by Crippen LogP contribution is 2.39. The summed E-state index contributed by atoms with van der Waals surface area (Å²) < 4.78 is 0. The molecular weight excluding hydrogens is 496 g/mol. The molecule has 0 aliphatic carbocycles. The molecule has 2 nitrogen and oxygen atoms in total. The lowest BCUT2D eigenvalue weighted by molar-refractivity contribution is 0.0373. The van der Waals surface area contributed by atoms with Crippen LogP contribution in [0, 0.1) is 35.0 Å². The van der Waals surface area contributed by atoms with Gasteiger partial charge < -0.3 is 0 Å². The van der Waals surface area contributed by atoms with Crippen LogP contribution in [0.25, 0.3) is 0 Å². The number of nitrogens with zero attached hydrogens (tertiary/aromatic N) is 2. The van der Waals surface area contributed by atoms with E-state index < -0.39 is 0 Å². The van der Waals surface area contributed by atoms with Crippen molar-refractivity contribution in [2.75, 3.05) is 13.1 Å². The predicted octanol–water partition coefficient (Wildman–Crippen LogP) is 8.96. The van der Waals surface area contributed by atoms with E-state index in [-0.39, 0.29) is 5.92 Å². The molecule has 212 valence electrons. The first kappa shape index (κ1) is 30.4. The van der Waals surface area contributed by atoms with Gasteiger partial charge in [-0.3, -0.25) is 4.90 Å². The second-order valence-corrected chi connectivity index (χ2v) is 11.9. The van der Waals surface area contributed by atoms with E-state index >= 15 is 0 Å². The van der Waals surface area contributed by atoms with Crippen LogP contribution in [-0.4, -0.2) is 24.0 Å². The average molecular weight is 543 g/mol. The van der Waals surface area contributed by atoms with Crippen molar-refractivity contribution in [3.05, 3.63) is 119 Å². The Morgan fingerprint density at radius 1 is 0.927 bits per heavy atom. The maximum absolute atomic E-state index is 9.87. The molecule has 0 bridgehead atoms. The molecule has 1 aliphatic heterocycles. The van der Waals surface area contributed by atoms with Crippen LogP contribution in [0.5, 0.6) is 0 Å². The quantitative estimate of drug-likeness (QED) is 0.159. The van der Waals surface area contributed by atoms with Crippen LogP contribution in [0.3, 0.4) is 0 Å². The summed E-state index contributed by atoms with van der Waals surface area (Å²) in [6.07, 6.45) is 7.71. The lowest BCUT2D eigenvalue weighted by Gasteiger charge is -2.50. The lowest BCUT2D eigenvalue weighted by Crippen LogP contribution is -2.56. The van der Waals surface area contributed by atoms with Gasteiger partial charge in [0.2, 0.25) is 0 Å². The van der Waals surface area contributed by atoms with Crippen molar-refractivity contribution >= 4 is 0 Å². The van der Waals surface area contributed by atoms with E-state index in [1.54, 1.807) is 0 Å². The molecule has 0 aromatic heterocycles. The smallest absolute Gasteiger partial charge is 0.0672 e. The van der Waals surface area contributed by atoms with Crippen molar-refractivity contribution in [2.45, 2.75) is 77.7 Å². The molecular formula is C39H46N2. The number of benzene rings is 3. The third-order valence-corrected chi connectivity index (χ3v) is 8.85.